The lowest BCUT2D eigenvalue weighted by Crippen LogP contribution is -2.03. The van der Waals surface area contributed by atoms with E-state index in [4.69, 9.17) is 5.73 Å². The Morgan fingerprint density at radius 3 is 2.89 bits per heavy atom. The monoisotopic (exact) mass is 264 g/mol. The molecule has 1 aromatic carbocycles. The van der Waals surface area contributed by atoms with Crippen LogP contribution in [0.5, 0.6) is 0 Å². The Bertz CT molecular complexity index is 582. The fraction of sp³-hybridized carbons (Fsp3) is 0.182. The van der Waals surface area contributed by atoms with Gasteiger partial charge in [0.15, 0.2) is 0 Å². The molecule has 0 amide bonds. The molecule has 2 aromatic rings. The molecule has 1 heterocycles. The Morgan fingerprint density at radius 2 is 2.33 bits per heavy atom. The zero-order valence-electron chi connectivity index (χ0n) is 9.71. The second-order valence-corrected chi connectivity index (χ2v) is 4.68. The fourth-order valence-electron chi connectivity index (χ4n) is 1.50. The number of benzene rings is 1. The van der Waals surface area contributed by atoms with Gasteiger partial charge >= 0.3 is 0 Å². The van der Waals surface area contributed by atoms with Crippen molar-refractivity contribution in [3.63, 3.8) is 0 Å². The molecule has 2 rings (SSSR count). The third kappa shape index (κ3) is 2.57. The lowest BCUT2D eigenvalue weighted by atomic mass is 10.2. The first-order valence-corrected chi connectivity index (χ1v) is 6.12. The molecule has 0 fully saturated rings. The van der Waals surface area contributed by atoms with E-state index in [0.29, 0.717) is 17.9 Å². The third-order valence-electron chi connectivity index (χ3n) is 2.53. The number of anilines is 2. The van der Waals surface area contributed by atoms with Gasteiger partial charge in [0.1, 0.15) is 0 Å². The zero-order valence-corrected chi connectivity index (χ0v) is 10.5. The summed E-state index contributed by atoms with van der Waals surface area (Å²) in [5.41, 5.74) is 9.57. The second-order valence-electron chi connectivity index (χ2n) is 3.74. The number of nitrogen functional groups attached to an aromatic ring is 1. The molecule has 18 heavy (non-hydrogen) atoms. The van der Waals surface area contributed by atoms with E-state index < -0.39 is 4.92 Å². The highest BCUT2D eigenvalue weighted by atomic mass is 32.1. The van der Waals surface area contributed by atoms with Crippen LogP contribution in [0.15, 0.2) is 23.7 Å². The number of aromatic nitrogens is 1. The van der Waals surface area contributed by atoms with Crippen molar-refractivity contribution in [3.8, 4) is 0 Å². The van der Waals surface area contributed by atoms with Crippen molar-refractivity contribution < 1.29 is 4.92 Å². The first-order valence-electron chi connectivity index (χ1n) is 5.24. The van der Waals surface area contributed by atoms with Crippen LogP contribution in [0.4, 0.5) is 17.1 Å². The van der Waals surface area contributed by atoms with Gasteiger partial charge in [-0.1, -0.05) is 0 Å². The normalized spacial score (nSPS) is 10.3. The Labute approximate surface area is 108 Å². The molecule has 94 valence electrons. The topological polar surface area (TPSA) is 94.1 Å². The maximum Gasteiger partial charge on any atom is 0.271 e. The number of nitrogens with zero attached hydrogens (tertiary/aromatic N) is 2. The SMILES string of the molecule is Cc1ncsc1CNc1ccc([N+](=O)[O-])cc1N. The number of aryl methyl sites for hydroxylation is 1. The molecule has 0 aliphatic rings. The van der Waals surface area contributed by atoms with Gasteiger partial charge in [-0.05, 0) is 13.0 Å². The van der Waals surface area contributed by atoms with Crippen molar-refractivity contribution in [2.24, 2.45) is 0 Å². The standard InChI is InChI=1S/C11H12N4O2S/c1-7-11(18-6-14-7)5-13-10-3-2-8(15(16)17)4-9(10)12/h2-4,6,13H,5,12H2,1H3. The molecule has 7 heteroatoms. The molecule has 6 nitrogen and oxygen atoms in total. The smallest absolute Gasteiger partial charge is 0.271 e. The molecule has 0 bridgehead atoms. The predicted molar refractivity (Wildman–Crippen MR) is 71.7 cm³/mol. The van der Waals surface area contributed by atoms with Crippen LogP contribution in [0.25, 0.3) is 0 Å². The number of nitro groups is 1. The highest BCUT2D eigenvalue weighted by Gasteiger charge is 2.09. The average Bonchev–Trinajstić information content (AvgIpc) is 2.73. The third-order valence-corrected chi connectivity index (χ3v) is 3.47. The molecule has 0 saturated carbocycles. The number of non-ortho nitro benzene ring substituents is 1. The molecule has 0 aliphatic carbocycles. The van der Waals surface area contributed by atoms with Crippen molar-refractivity contribution in [1.82, 2.24) is 4.98 Å². The van der Waals surface area contributed by atoms with Gasteiger partial charge in [-0.3, -0.25) is 10.1 Å². The highest BCUT2D eigenvalue weighted by Crippen LogP contribution is 2.25. The van der Waals surface area contributed by atoms with Gasteiger partial charge < -0.3 is 11.1 Å². The molecule has 0 unspecified atom stereocenters. The minimum atomic E-state index is -0.465. The van der Waals surface area contributed by atoms with Crippen molar-refractivity contribution in [1.29, 1.82) is 0 Å². The van der Waals surface area contributed by atoms with E-state index in [0.717, 1.165) is 10.6 Å². The molecule has 0 spiro atoms. The van der Waals surface area contributed by atoms with Crippen molar-refractivity contribution in [3.05, 3.63) is 44.4 Å². The quantitative estimate of drug-likeness (QED) is 0.502. The molecule has 1 aromatic heterocycles. The van der Waals surface area contributed by atoms with Gasteiger partial charge in [0.05, 0.1) is 34.0 Å². The van der Waals surface area contributed by atoms with Crippen molar-refractivity contribution in [2.75, 3.05) is 11.1 Å². The largest absolute Gasteiger partial charge is 0.397 e. The van der Waals surface area contributed by atoms with Crippen LogP contribution >= 0.6 is 11.3 Å². The van der Waals surface area contributed by atoms with Gasteiger partial charge in [0.25, 0.3) is 5.69 Å². The van der Waals surface area contributed by atoms with Crippen LogP contribution in [-0.2, 0) is 6.54 Å². The van der Waals surface area contributed by atoms with Gasteiger partial charge in [0, 0.05) is 17.0 Å². The number of nitro benzene ring substituents is 1. The Kier molecular flexibility index (Phi) is 3.42. The number of thiazole rings is 1. The lowest BCUT2D eigenvalue weighted by molar-refractivity contribution is -0.384. The van der Waals surface area contributed by atoms with Crippen LogP contribution in [0.1, 0.15) is 10.6 Å². The first-order chi connectivity index (χ1) is 8.58. The summed E-state index contributed by atoms with van der Waals surface area (Å²) >= 11 is 1.56. The zero-order chi connectivity index (χ0) is 13.1. The summed E-state index contributed by atoms with van der Waals surface area (Å²) in [5.74, 6) is 0. The number of nitrogens with one attached hydrogen (secondary N) is 1. The minimum Gasteiger partial charge on any atom is -0.397 e. The van der Waals surface area contributed by atoms with Crippen LogP contribution in [0, 0.1) is 17.0 Å². The van der Waals surface area contributed by atoms with Crippen molar-refractivity contribution in [2.45, 2.75) is 13.5 Å². The van der Waals surface area contributed by atoms with E-state index in [-0.39, 0.29) is 5.69 Å². The van der Waals surface area contributed by atoms with Gasteiger partial charge in [-0.15, -0.1) is 11.3 Å². The lowest BCUT2D eigenvalue weighted by Gasteiger charge is -2.08. The molecule has 0 aliphatic heterocycles. The number of hydrogen-bond acceptors (Lipinski definition) is 6. The number of rotatable bonds is 4. The summed E-state index contributed by atoms with van der Waals surface area (Å²) in [6.45, 7) is 2.55. The van der Waals surface area contributed by atoms with Crippen molar-refractivity contribution >= 4 is 28.4 Å². The maximum atomic E-state index is 10.6. The molecule has 0 radical (unpaired) electrons. The van der Waals surface area contributed by atoms with Crippen LogP contribution < -0.4 is 11.1 Å². The molecule has 0 saturated heterocycles. The van der Waals surface area contributed by atoms with E-state index in [1.165, 1.54) is 12.1 Å². The Morgan fingerprint density at radius 1 is 1.56 bits per heavy atom. The molecule has 3 N–H and O–H groups in total. The van der Waals surface area contributed by atoms with E-state index in [2.05, 4.69) is 10.3 Å². The first kappa shape index (κ1) is 12.3. The van der Waals surface area contributed by atoms with E-state index >= 15 is 0 Å². The molecular formula is C11H12N4O2S. The second kappa shape index (κ2) is 5.01. The Hall–Kier alpha value is -2.15. The summed E-state index contributed by atoms with van der Waals surface area (Å²) in [7, 11) is 0. The van der Waals surface area contributed by atoms with Gasteiger partial charge in [-0.2, -0.15) is 0 Å². The summed E-state index contributed by atoms with van der Waals surface area (Å²) < 4.78 is 0. The van der Waals surface area contributed by atoms with E-state index in [1.54, 1.807) is 22.9 Å². The minimum absolute atomic E-state index is 0.00739. The maximum absolute atomic E-state index is 10.6. The fourth-order valence-corrected chi connectivity index (χ4v) is 2.21. The van der Waals surface area contributed by atoms with Gasteiger partial charge in [0.2, 0.25) is 0 Å². The van der Waals surface area contributed by atoms with E-state index in [1.807, 2.05) is 6.92 Å². The van der Waals surface area contributed by atoms with E-state index in [9.17, 15) is 10.1 Å². The predicted octanol–water partition coefficient (Wildman–Crippen LogP) is 2.55. The highest BCUT2D eigenvalue weighted by molar-refractivity contribution is 7.09. The van der Waals surface area contributed by atoms with Crippen LogP contribution in [0.2, 0.25) is 0 Å². The number of hydrogen-bond donors (Lipinski definition) is 2. The summed E-state index contributed by atoms with van der Waals surface area (Å²) in [5, 5.41) is 13.7. The summed E-state index contributed by atoms with van der Waals surface area (Å²) in [6.07, 6.45) is 0. The van der Waals surface area contributed by atoms with Crippen LogP contribution in [-0.4, -0.2) is 9.91 Å². The number of nitrogens with two attached hydrogens (primary N) is 1. The molecular weight excluding hydrogens is 252 g/mol. The Balaban J connectivity index is 2.11. The average molecular weight is 264 g/mol. The van der Waals surface area contributed by atoms with Crippen LogP contribution in [0.3, 0.4) is 0 Å². The summed E-state index contributed by atoms with van der Waals surface area (Å²) in [4.78, 5) is 15.4. The summed E-state index contributed by atoms with van der Waals surface area (Å²) in [6, 6.07) is 4.39. The van der Waals surface area contributed by atoms with Gasteiger partial charge in [-0.25, -0.2) is 4.98 Å². The molecule has 0 atom stereocenters.